The van der Waals surface area contributed by atoms with Gasteiger partial charge in [-0.15, -0.1) is 0 Å². The summed E-state index contributed by atoms with van der Waals surface area (Å²) in [6.45, 7) is 0. The summed E-state index contributed by atoms with van der Waals surface area (Å²) in [6, 6.07) is 0. The van der Waals surface area contributed by atoms with Crippen molar-refractivity contribution in [2.45, 2.75) is 75.1 Å². The van der Waals surface area contributed by atoms with Gasteiger partial charge < -0.3 is 19.3 Å². The lowest BCUT2D eigenvalue weighted by Gasteiger charge is -2.34. The van der Waals surface area contributed by atoms with Crippen LogP contribution in [0.3, 0.4) is 0 Å². The number of rotatable bonds is 1. The predicted octanol–water partition coefficient (Wildman–Crippen LogP) is 1.60. The molecule has 1 spiro atoms. The van der Waals surface area contributed by atoms with Gasteiger partial charge in [0.2, 0.25) is 0 Å². The van der Waals surface area contributed by atoms with Crippen molar-refractivity contribution in [2.75, 3.05) is 7.11 Å². The minimum absolute atomic E-state index is 0.0816. The number of hydrogen-bond donors (Lipinski definition) is 1. The average molecular weight is 242 g/mol. The van der Waals surface area contributed by atoms with Gasteiger partial charge in [-0.3, -0.25) is 0 Å². The van der Waals surface area contributed by atoms with Gasteiger partial charge in [-0.1, -0.05) is 6.42 Å². The van der Waals surface area contributed by atoms with Crippen LogP contribution in [0.5, 0.6) is 0 Å². The van der Waals surface area contributed by atoms with Crippen LogP contribution in [-0.2, 0) is 14.2 Å². The first kappa shape index (κ1) is 11.9. The molecular formula is C13H22O4. The van der Waals surface area contributed by atoms with Crippen LogP contribution in [0.25, 0.3) is 0 Å². The van der Waals surface area contributed by atoms with Crippen molar-refractivity contribution in [3.63, 3.8) is 0 Å². The normalized spacial score (nSPS) is 44.8. The quantitative estimate of drug-likeness (QED) is 0.758. The van der Waals surface area contributed by atoms with Crippen molar-refractivity contribution < 1.29 is 19.3 Å². The third kappa shape index (κ3) is 2.01. The molecule has 0 aromatic carbocycles. The van der Waals surface area contributed by atoms with E-state index in [9.17, 15) is 5.11 Å². The summed E-state index contributed by atoms with van der Waals surface area (Å²) in [4.78, 5) is 0. The number of ether oxygens (including phenoxy) is 3. The summed E-state index contributed by atoms with van der Waals surface area (Å²) in [5.74, 6) is -0.367. The lowest BCUT2D eigenvalue weighted by atomic mass is 9.90. The molecule has 1 aliphatic heterocycles. The SMILES string of the molecule is CO[C@@H]1[C@@H]2OC3(CCCCC3)O[C@@H]2CC[C@@H]1O. The molecule has 0 aromatic heterocycles. The van der Waals surface area contributed by atoms with Gasteiger partial charge in [-0.2, -0.15) is 0 Å². The number of methoxy groups -OCH3 is 1. The molecule has 0 aromatic rings. The van der Waals surface area contributed by atoms with Gasteiger partial charge in [0.05, 0.1) is 12.2 Å². The Morgan fingerprint density at radius 2 is 1.88 bits per heavy atom. The van der Waals surface area contributed by atoms with E-state index in [2.05, 4.69) is 0 Å². The third-order valence-electron chi connectivity index (χ3n) is 4.42. The maximum atomic E-state index is 9.94. The largest absolute Gasteiger partial charge is 0.390 e. The van der Waals surface area contributed by atoms with Gasteiger partial charge in [-0.05, 0) is 25.7 Å². The molecule has 2 aliphatic carbocycles. The van der Waals surface area contributed by atoms with Crippen molar-refractivity contribution in [1.82, 2.24) is 0 Å². The van der Waals surface area contributed by atoms with Crippen molar-refractivity contribution in [2.24, 2.45) is 0 Å². The molecule has 1 heterocycles. The Hall–Kier alpha value is -0.160. The van der Waals surface area contributed by atoms with E-state index in [1.54, 1.807) is 7.11 Å². The van der Waals surface area contributed by atoms with Crippen LogP contribution >= 0.6 is 0 Å². The summed E-state index contributed by atoms with van der Waals surface area (Å²) in [7, 11) is 1.64. The molecule has 3 fully saturated rings. The van der Waals surface area contributed by atoms with E-state index in [4.69, 9.17) is 14.2 Å². The highest BCUT2D eigenvalue weighted by atomic mass is 16.8. The Bertz CT molecular complexity index is 275. The number of hydrogen-bond acceptors (Lipinski definition) is 4. The first-order chi connectivity index (χ1) is 8.24. The van der Waals surface area contributed by atoms with E-state index in [-0.39, 0.29) is 24.1 Å². The van der Waals surface area contributed by atoms with E-state index in [1.165, 1.54) is 19.3 Å². The second kappa shape index (κ2) is 4.50. The summed E-state index contributed by atoms with van der Waals surface area (Å²) < 4.78 is 17.7. The minimum atomic E-state index is -0.413. The van der Waals surface area contributed by atoms with Gasteiger partial charge in [0.15, 0.2) is 5.79 Å². The molecule has 0 amide bonds. The monoisotopic (exact) mass is 242 g/mol. The first-order valence-corrected chi connectivity index (χ1v) is 6.81. The molecule has 4 nitrogen and oxygen atoms in total. The zero-order chi connectivity index (χ0) is 11.9. The lowest BCUT2D eigenvalue weighted by Crippen LogP contribution is -2.48. The molecule has 98 valence electrons. The van der Waals surface area contributed by atoms with Crippen LogP contribution in [0.15, 0.2) is 0 Å². The Balaban J connectivity index is 1.75. The van der Waals surface area contributed by atoms with Crippen molar-refractivity contribution >= 4 is 0 Å². The van der Waals surface area contributed by atoms with Gasteiger partial charge >= 0.3 is 0 Å². The predicted molar refractivity (Wildman–Crippen MR) is 61.6 cm³/mol. The second-order valence-corrected chi connectivity index (χ2v) is 5.56. The first-order valence-electron chi connectivity index (χ1n) is 6.81. The van der Waals surface area contributed by atoms with Crippen LogP contribution < -0.4 is 0 Å². The third-order valence-corrected chi connectivity index (χ3v) is 4.42. The molecular weight excluding hydrogens is 220 g/mol. The maximum Gasteiger partial charge on any atom is 0.169 e. The van der Waals surface area contributed by atoms with Crippen molar-refractivity contribution in [1.29, 1.82) is 0 Å². The van der Waals surface area contributed by atoms with Crippen LogP contribution in [0.1, 0.15) is 44.9 Å². The number of aliphatic hydroxyl groups excluding tert-OH is 1. The summed E-state index contributed by atoms with van der Waals surface area (Å²) in [5, 5.41) is 9.94. The fraction of sp³-hybridized carbons (Fsp3) is 1.00. The average Bonchev–Trinajstić information content (AvgIpc) is 2.68. The molecule has 3 aliphatic rings. The highest BCUT2D eigenvalue weighted by Crippen LogP contribution is 2.45. The molecule has 1 saturated heterocycles. The lowest BCUT2D eigenvalue weighted by molar-refractivity contribution is -0.203. The molecule has 17 heavy (non-hydrogen) atoms. The number of fused-ring (bicyclic) bond motifs is 1. The molecule has 0 bridgehead atoms. The molecule has 4 atom stereocenters. The van der Waals surface area contributed by atoms with E-state index in [0.717, 1.165) is 25.7 Å². The maximum absolute atomic E-state index is 9.94. The van der Waals surface area contributed by atoms with Crippen LogP contribution in [0.2, 0.25) is 0 Å². The van der Waals surface area contributed by atoms with Crippen molar-refractivity contribution in [3.05, 3.63) is 0 Å². The highest BCUT2D eigenvalue weighted by Gasteiger charge is 2.53. The van der Waals surface area contributed by atoms with E-state index >= 15 is 0 Å². The molecule has 0 unspecified atom stereocenters. The van der Waals surface area contributed by atoms with E-state index < -0.39 is 6.10 Å². The van der Waals surface area contributed by atoms with Gasteiger partial charge in [0, 0.05) is 20.0 Å². The minimum Gasteiger partial charge on any atom is -0.390 e. The van der Waals surface area contributed by atoms with Gasteiger partial charge in [0.25, 0.3) is 0 Å². The van der Waals surface area contributed by atoms with Crippen LogP contribution in [0, 0.1) is 0 Å². The topological polar surface area (TPSA) is 47.9 Å². The molecule has 0 radical (unpaired) electrons. The highest BCUT2D eigenvalue weighted by molar-refractivity contribution is 4.97. The van der Waals surface area contributed by atoms with Crippen LogP contribution in [-0.4, -0.2) is 42.4 Å². The van der Waals surface area contributed by atoms with Crippen LogP contribution in [0.4, 0.5) is 0 Å². The Morgan fingerprint density at radius 3 is 2.59 bits per heavy atom. The van der Waals surface area contributed by atoms with Gasteiger partial charge in [-0.25, -0.2) is 0 Å². The summed E-state index contributed by atoms with van der Waals surface area (Å²) >= 11 is 0. The standard InChI is InChI=1S/C13H22O4/c1-15-11-9(14)5-6-10-12(11)17-13(16-10)7-3-2-4-8-13/h9-12,14H,2-8H2,1H3/t9-,10+,11-,12+/m0/s1. The van der Waals surface area contributed by atoms with Crippen molar-refractivity contribution in [3.8, 4) is 0 Å². The molecule has 4 heteroatoms. The fourth-order valence-electron chi connectivity index (χ4n) is 3.53. The van der Waals surface area contributed by atoms with E-state index in [0.29, 0.717) is 0 Å². The Labute approximate surface area is 102 Å². The smallest absolute Gasteiger partial charge is 0.169 e. The van der Waals surface area contributed by atoms with Gasteiger partial charge in [0.1, 0.15) is 12.2 Å². The molecule has 2 saturated carbocycles. The zero-order valence-electron chi connectivity index (χ0n) is 10.4. The second-order valence-electron chi connectivity index (χ2n) is 5.56. The van der Waals surface area contributed by atoms with E-state index in [1.807, 2.05) is 0 Å². The summed E-state index contributed by atoms with van der Waals surface area (Å²) in [5.41, 5.74) is 0. The Kier molecular flexibility index (Phi) is 3.15. The number of aliphatic hydroxyl groups is 1. The zero-order valence-corrected chi connectivity index (χ0v) is 10.4. The fourth-order valence-corrected chi connectivity index (χ4v) is 3.53. The Morgan fingerprint density at radius 1 is 1.12 bits per heavy atom. The molecule has 1 N–H and O–H groups in total. The summed E-state index contributed by atoms with van der Waals surface area (Å²) in [6.07, 6.45) is 6.65. The molecule has 3 rings (SSSR count).